The van der Waals surface area contributed by atoms with Gasteiger partial charge in [0.2, 0.25) is 0 Å². The summed E-state index contributed by atoms with van der Waals surface area (Å²) in [4.78, 5) is 0. The van der Waals surface area contributed by atoms with Gasteiger partial charge in [-0.05, 0) is 19.9 Å². The van der Waals surface area contributed by atoms with Gasteiger partial charge in [-0.3, -0.25) is 0 Å². The van der Waals surface area contributed by atoms with E-state index in [0.717, 1.165) is 19.6 Å². The van der Waals surface area contributed by atoms with Crippen molar-refractivity contribution in [2.75, 3.05) is 26.4 Å². The highest BCUT2D eigenvalue weighted by Gasteiger charge is 2.21. The van der Waals surface area contributed by atoms with Crippen LogP contribution >= 0.6 is 0 Å². The van der Waals surface area contributed by atoms with Crippen molar-refractivity contribution in [2.24, 2.45) is 0 Å². The summed E-state index contributed by atoms with van der Waals surface area (Å²) in [7, 11) is 0. The summed E-state index contributed by atoms with van der Waals surface area (Å²) in [6.07, 6.45) is 4.91. The maximum absolute atomic E-state index is 9.21. The van der Waals surface area contributed by atoms with Crippen LogP contribution in [0.25, 0.3) is 0 Å². The van der Waals surface area contributed by atoms with Crippen molar-refractivity contribution in [3.8, 4) is 0 Å². The molecular weight excluding hydrogens is 190 g/mol. The van der Waals surface area contributed by atoms with E-state index in [2.05, 4.69) is 12.2 Å². The fourth-order valence-electron chi connectivity index (χ4n) is 1.51. The minimum atomic E-state index is -0.278. The van der Waals surface area contributed by atoms with Crippen molar-refractivity contribution in [1.29, 1.82) is 0 Å². The quantitative estimate of drug-likeness (QED) is 0.550. The van der Waals surface area contributed by atoms with E-state index in [0.29, 0.717) is 6.61 Å². The minimum Gasteiger partial charge on any atom is -0.394 e. The Bertz CT molecular complexity index is 142. The topological polar surface area (TPSA) is 41.5 Å². The summed E-state index contributed by atoms with van der Waals surface area (Å²) in [5.74, 6) is 0. The lowest BCUT2D eigenvalue weighted by molar-refractivity contribution is 0.0436. The summed E-state index contributed by atoms with van der Waals surface area (Å²) < 4.78 is 5.57. The largest absolute Gasteiger partial charge is 0.394 e. The molecule has 92 valence electrons. The maximum atomic E-state index is 9.21. The number of unbranched alkanes of at least 4 members (excludes halogenated alkanes) is 3. The molecule has 0 amide bonds. The van der Waals surface area contributed by atoms with E-state index in [4.69, 9.17) is 4.74 Å². The van der Waals surface area contributed by atoms with E-state index < -0.39 is 0 Å². The van der Waals surface area contributed by atoms with Crippen LogP contribution in [0, 0.1) is 0 Å². The van der Waals surface area contributed by atoms with Crippen molar-refractivity contribution in [3.05, 3.63) is 0 Å². The van der Waals surface area contributed by atoms with Gasteiger partial charge >= 0.3 is 0 Å². The average Bonchev–Trinajstić information content (AvgIpc) is 2.24. The number of likely N-dealkylation sites (N-methyl/N-ethyl adjacent to an activating group) is 1. The predicted molar refractivity (Wildman–Crippen MR) is 64.1 cm³/mol. The maximum Gasteiger partial charge on any atom is 0.0668 e. The molecule has 0 saturated heterocycles. The number of aliphatic hydroxyl groups is 1. The molecule has 2 N–H and O–H groups in total. The molecule has 0 aromatic heterocycles. The molecule has 0 aliphatic heterocycles. The van der Waals surface area contributed by atoms with Gasteiger partial charge in [0, 0.05) is 6.61 Å². The first kappa shape index (κ1) is 14.9. The summed E-state index contributed by atoms with van der Waals surface area (Å²) in [5, 5.41) is 12.5. The molecule has 1 unspecified atom stereocenters. The van der Waals surface area contributed by atoms with Gasteiger partial charge in [0.25, 0.3) is 0 Å². The van der Waals surface area contributed by atoms with Crippen LogP contribution in [-0.4, -0.2) is 37.0 Å². The van der Waals surface area contributed by atoms with E-state index in [-0.39, 0.29) is 12.1 Å². The third kappa shape index (κ3) is 7.77. The van der Waals surface area contributed by atoms with Gasteiger partial charge in [-0.25, -0.2) is 0 Å². The molecule has 0 fully saturated rings. The van der Waals surface area contributed by atoms with Gasteiger partial charge < -0.3 is 15.2 Å². The number of hydrogen-bond donors (Lipinski definition) is 2. The van der Waals surface area contributed by atoms with Gasteiger partial charge in [0.1, 0.15) is 0 Å². The van der Waals surface area contributed by atoms with Crippen LogP contribution in [0.1, 0.15) is 46.5 Å². The molecule has 0 aliphatic rings. The van der Waals surface area contributed by atoms with Gasteiger partial charge in [-0.2, -0.15) is 0 Å². The fourth-order valence-corrected chi connectivity index (χ4v) is 1.51. The number of nitrogens with one attached hydrogen (secondary N) is 1. The molecule has 0 heterocycles. The Labute approximate surface area is 94.2 Å². The summed E-state index contributed by atoms with van der Waals surface area (Å²) >= 11 is 0. The van der Waals surface area contributed by atoms with E-state index >= 15 is 0 Å². The highest BCUT2D eigenvalue weighted by atomic mass is 16.5. The Balaban J connectivity index is 3.46. The fraction of sp³-hybridized carbons (Fsp3) is 1.00. The van der Waals surface area contributed by atoms with Crippen LogP contribution in [0.4, 0.5) is 0 Å². The van der Waals surface area contributed by atoms with Crippen molar-refractivity contribution in [1.82, 2.24) is 5.32 Å². The lowest BCUT2D eigenvalue weighted by Crippen LogP contribution is -2.49. The third-order valence-corrected chi connectivity index (χ3v) is 2.52. The summed E-state index contributed by atoms with van der Waals surface area (Å²) in [6.45, 7) is 8.60. The average molecular weight is 217 g/mol. The van der Waals surface area contributed by atoms with Crippen LogP contribution in [0.2, 0.25) is 0 Å². The van der Waals surface area contributed by atoms with Crippen molar-refractivity contribution in [3.63, 3.8) is 0 Å². The van der Waals surface area contributed by atoms with Crippen molar-refractivity contribution >= 4 is 0 Å². The Morgan fingerprint density at radius 3 is 2.47 bits per heavy atom. The molecule has 1 atom stereocenters. The third-order valence-electron chi connectivity index (χ3n) is 2.52. The normalized spacial score (nSPS) is 15.2. The molecule has 0 aromatic rings. The second-order valence-electron chi connectivity index (χ2n) is 4.36. The molecule has 0 bridgehead atoms. The number of aliphatic hydroxyl groups excluding tert-OH is 1. The van der Waals surface area contributed by atoms with Crippen LogP contribution in [0.3, 0.4) is 0 Å². The van der Waals surface area contributed by atoms with E-state index in [1.165, 1.54) is 19.3 Å². The van der Waals surface area contributed by atoms with E-state index in [1.807, 2.05) is 13.8 Å². The molecule has 15 heavy (non-hydrogen) atoms. The standard InChI is InChI=1S/C12H27NO2/c1-4-6-7-8-9-15-11-12(3,10-14)13-5-2/h13-14H,4-11H2,1-3H3. The van der Waals surface area contributed by atoms with Gasteiger partial charge in [-0.15, -0.1) is 0 Å². The Morgan fingerprint density at radius 2 is 1.93 bits per heavy atom. The summed E-state index contributed by atoms with van der Waals surface area (Å²) in [5.41, 5.74) is -0.278. The first-order valence-corrected chi connectivity index (χ1v) is 6.12. The van der Waals surface area contributed by atoms with E-state index in [1.54, 1.807) is 0 Å². The molecule has 0 aromatic carbocycles. The first-order chi connectivity index (χ1) is 7.18. The van der Waals surface area contributed by atoms with Gasteiger partial charge in [0.15, 0.2) is 0 Å². The van der Waals surface area contributed by atoms with Gasteiger partial charge in [-0.1, -0.05) is 33.1 Å². The molecule has 0 radical (unpaired) electrons. The van der Waals surface area contributed by atoms with Crippen molar-refractivity contribution < 1.29 is 9.84 Å². The van der Waals surface area contributed by atoms with Crippen molar-refractivity contribution in [2.45, 2.75) is 52.0 Å². The Hall–Kier alpha value is -0.120. The molecule has 3 heteroatoms. The monoisotopic (exact) mass is 217 g/mol. The summed E-state index contributed by atoms with van der Waals surface area (Å²) in [6, 6.07) is 0. The van der Waals surface area contributed by atoms with Crippen LogP contribution in [0.5, 0.6) is 0 Å². The lowest BCUT2D eigenvalue weighted by atomic mass is 10.1. The highest BCUT2D eigenvalue weighted by molar-refractivity contribution is 4.81. The number of ether oxygens (including phenoxy) is 1. The zero-order valence-electron chi connectivity index (χ0n) is 10.5. The molecule has 0 saturated carbocycles. The number of rotatable bonds is 10. The Kier molecular flexibility index (Phi) is 9.06. The molecule has 0 rings (SSSR count). The molecule has 0 aliphatic carbocycles. The first-order valence-electron chi connectivity index (χ1n) is 6.12. The zero-order valence-corrected chi connectivity index (χ0v) is 10.5. The number of hydrogen-bond acceptors (Lipinski definition) is 3. The highest BCUT2D eigenvalue weighted by Crippen LogP contribution is 2.05. The molecule has 3 nitrogen and oxygen atoms in total. The molecule has 0 spiro atoms. The van der Waals surface area contributed by atoms with Crippen LogP contribution in [0.15, 0.2) is 0 Å². The van der Waals surface area contributed by atoms with E-state index in [9.17, 15) is 5.11 Å². The minimum absolute atomic E-state index is 0.121. The second-order valence-corrected chi connectivity index (χ2v) is 4.36. The zero-order chi connectivity index (χ0) is 11.6. The molecular formula is C12H27NO2. The lowest BCUT2D eigenvalue weighted by Gasteiger charge is -2.27. The Morgan fingerprint density at radius 1 is 1.20 bits per heavy atom. The predicted octanol–water partition coefficient (Wildman–Crippen LogP) is 1.94. The van der Waals surface area contributed by atoms with Crippen LogP contribution < -0.4 is 5.32 Å². The second kappa shape index (κ2) is 9.13. The van der Waals surface area contributed by atoms with Gasteiger partial charge in [0.05, 0.1) is 18.8 Å². The SMILES string of the molecule is CCCCCCOCC(C)(CO)NCC. The smallest absolute Gasteiger partial charge is 0.0668 e. The van der Waals surface area contributed by atoms with Crippen LogP contribution in [-0.2, 0) is 4.74 Å².